The molecule has 0 fully saturated rings. The third kappa shape index (κ3) is 1.25. The summed E-state index contributed by atoms with van der Waals surface area (Å²) in [4.78, 5) is 4.08. The van der Waals surface area contributed by atoms with Crippen molar-refractivity contribution in [3.8, 4) is 11.1 Å². The van der Waals surface area contributed by atoms with Crippen LogP contribution in [0.4, 0.5) is 0 Å². The molecule has 2 heterocycles. The summed E-state index contributed by atoms with van der Waals surface area (Å²) < 4.78 is 1.56. The summed E-state index contributed by atoms with van der Waals surface area (Å²) in [5, 5.41) is 11.4. The molecular weight excluding hydrogens is 190 g/mol. The lowest BCUT2D eigenvalue weighted by molar-refractivity contribution is 0.810. The first-order chi connectivity index (χ1) is 7.45. The first-order valence-corrected chi connectivity index (χ1v) is 4.52. The second-order valence-corrected chi connectivity index (χ2v) is 3.12. The Kier molecular flexibility index (Phi) is 1.68. The van der Waals surface area contributed by atoms with Crippen LogP contribution in [-0.2, 0) is 0 Å². The van der Waals surface area contributed by atoms with Crippen LogP contribution < -0.4 is 0 Å². The smallest absolute Gasteiger partial charge is 0.190 e. The Morgan fingerprint density at radius 2 is 1.93 bits per heavy atom. The monoisotopic (exact) mass is 197 g/mol. The number of nitrogens with zero attached hydrogens (tertiary/aromatic N) is 5. The van der Waals surface area contributed by atoms with Crippen LogP contribution in [0, 0.1) is 0 Å². The summed E-state index contributed by atoms with van der Waals surface area (Å²) in [7, 11) is 0. The molecular formula is C10H7N5. The van der Waals surface area contributed by atoms with Gasteiger partial charge in [0.05, 0.1) is 0 Å². The van der Waals surface area contributed by atoms with Gasteiger partial charge < -0.3 is 0 Å². The molecule has 0 spiro atoms. The maximum absolute atomic E-state index is 4.08. The molecule has 2 aromatic heterocycles. The zero-order valence-electron chi connectivity index (χ0n) is 7.78. The van der Waals surface area contributed by atoms with E-state index in [2.05, 4.69) is 20.5 Å². The fraction of sp³-hybridized carbons (Fsp3) is 0. The number of hydrogen-bond donors (Lipinski definition) is 0. The average Bonchev–Trinajstić information content (AvgIpc) is 2.78. The van der Waals surface area contributed by atoms with E-state index in [1.165, 1.54) is 0 Å². The number of tetrazole rings is 1. The third-order valence-corrected chi connectivity index (χ3v) is 2.20. The molecule has 5 nitrogen and oxygen atoms in total. The Labute approximate surface area is 85.4 Å². The van der Waals surface area contributed by atoms with Gasteiger partial charge >= 0.3 is 0 Å². The average molecular weight is 197 g/mol. The quantitative estimate of drug-likeness (QED) is 0.588. The van der Waals surface area contributed by atoms with Crippen molar-refractivity contribution < 1.29 is 0 Å². The van der Waals surface area contributed by atoms with E-state index in [1.54, 1.807) is 17.0 Å². The highest BCUT2D eigenvalue weighted by Crippen LogP contribution is 2.20. The van der Waals surface area contributed by atoms with Gasteiger partial charge in [0.15, 0.2) is 5.65 Å². The van der Waals surface area contributed by atoms with Crippen LogP contribution in [0.2, 0.25) is 0 Å². The molecule has 0 saturated carbocycles. The largest absolute Gasteiger partial charge is 0.244 e. The number of fused-ring (bicyclic) bond motifs is 1. The Hall–Kier alpha value is -2.30. The Morgan fingerprint density at radius 1 is 1.07 bits per heavy atom. The molecule has 1 aromatic carbocycles. The van der Waals surface area contributed by atoms with Crippen LogP contribution in [0.1, 0.15) is 0 Å². The van der Waals surface area contributed by atoms with Gasteiger partial charge in [-0.2, -0.15) is 4.52 Å². The second kappa shape index (κ2) is 3.13. The summed E-state index contributed by atoms with van der Waals surface area (Å²) in [6.45, 7) is 0. The molecule has 15 heavy (non-hydrogen) atoms. The van der Waals surface area contributed by atoms with Gasteiger partial charge in [0, 0.05) is 11.8 Å². The zero-order chi connectivity index (χ0) is 10.1. The molecule has 5 heteroatoms. The van der Waals surface area contributed by atoms with E-state index in [-0.39, 0.29) is 0 Å². The standard InChI is InChI=1S/C10H7N5/c1-2-4-8(5-3-1)9-6-11-7-15-10(9)12-13-14-15/h1-7H. The number of hydrogen-bond acceptors (Lipinski definition) is 4. The molecule has 0 N–H and O–H groups in total. The minimum atomic E-state index is 0.719. The van der Waals surface area contributed by atoms with E-state index in [0.29, 0.717) is 0 Å². The summed E-state index contributed by atoms with van der Waals surface area (Å²) >= 11 is 0. The maximum Gasteiger partial charge on any atom is 0.190 e. The molecule has 72 valence electrons. The van der Waals surface area contributed by atoms with Crippen molar-refractivity contribution in [3.05, 3.63) is 42.9 Å². The lowest BCUT2D eigenvalue weighted by Crippen LogP contribution is -1.91. The Balaban J connectivity index is 2.31. The molecule has 0 amide bonds. The van der Waals surface area contributed by atoms with E-state index >= 15 is 0 Å². The van der Waals surface area contributed by atoms with Crippen molar-refractivity contribution in [1.29, 1.82) is 0 Å². The third-order valence-electron chi connectivity index (χ3n) is 2.20. The highest BCUT2D eigenvalue weighted by Gasteiger charge is 2.06. The van der Waals surface area contributed by atoms with Gasteiger partial charge in [0.25, 0.3) is 0 Å². The van der Waals surface area contributed by atoms with Gasteiger partial charge in [-0.05, 0) is 16.0 Å². The van der Waals surface area contributed by atoms with Crippen LogP contribution in [0.3, 0.4) is 0 Å². The Morgan fingerprint density at radius 3 is 2.80 bits per heavy atom. The van der Waals surface area contributed by atoms with E-state index in [4.69, 9.17) is 0 Å². The van der Waals surface area contributed by atoms with Gasteiger partial charge in [-0.3, -0.25) is 0 Å². The van der Waals surface area contributed by atoms with Crippen LogP contribution in [-0.4, -0.2) is 25.0 Å². The molecule has 0 bridgehead atoms. The van der Waals surface area contributed by atoms with E-state index in [9.17, 15) is 0 Å². The topological polar surface area (TPSA) is 56.0 Å². The summed E-state index contributed by atoms with van der Waals surface area (Å²) in [6, 6.07) is 9.93. The van der Waals surface area contributed by atoms with Crippen molar-refractivity contribution in [1.82, 2.24) is 25.0 Å². The van der Waals surface area contributed by atoms with Crippen molar-refractivity contribution in [2.45, 2.75) is 0 Å². The lowest BCUT2D eigenvalue weighted by atomic mass is 10.1. The minimum Gasteiger partial charge on any atom is -0.244 e. The highest BCUT2D eigenvalue weighted by molar-refractivity contribution is 5.75. The highest BCUT2D eigenvalue weighted by atomic mass is 15.5. The van der Waals surface area contributed by atoms with Gasteiger partial charge in [-0.25, -0.2) is 4.98 Å². The molecule has 0 aliphatic rings. The van der Waals surface area contributed by atoms with E-state index in [0.717, 1.165) is 16.8 Å². The molecule has 0 saturated heterocycles. The van der Waals surface area contributed by atoms with Crippen molar-refractivity contribution in [2.75, 3.05) is 0 Å². The summed E-state index contributed by atoms with van der Waals surface area (Å²) in [5.74, 6) is 0. The fourth-order valence-electron chi connectivity index (χ4n) is 1.50. The first-order valence-electron chi connectivity index (χ1n) is 4.52. The second-order valence-electron chi connectivity index (χ2n) is 3.12. The predicted molar refractivity (Wildman–Crippen MR) is 54.0 cm³/mol. The fourth-order valence-corrected chi connectivity index (χ4v) is 1.50. The van der Waals surface area contributed by atoms with Crippen LogP contribution in [0.15, 0.2) is 42.9 Å². The van der Waals surface area contributed by atoms with E-state index in [1.807, 2.05) is 30.3 Å². The van der Waals surface area contributed by atoms with Crippen LogP contribution in [0.25, 0.3) is 16.8 Å². The van der Waals surface area contributed by atoms with Crippen LogP contribution >= 0.6 is 0 Å². The van der Waals surface area contributed by atoms with Crippen LogP contribution in [0.5, 0.6) is 0 Å². The molecule has 3 aromatic rings. The normalized spacial score (nSPS) is 10.7. The predicted octanol–water partition coefficient (Wildman–Crippen LogP) is 1.19. The summed E-state index contributed by atoms with van der Waals surface area (Å²) in [6.07, 6.45) is 3.35. The molecule has 0 atom stereocenters. The summed E-state index contributed by atoms with van der Waals surface area (Å²) in [5.41, 5.74) is 2.71. The van der Waals surface area contributed by atoms with Crippen molar-refractivity contribution in [2.24, 2.45) is 0 Å². The Bertz CT molecular complexity index is 587. The molecule has 0 aliphatic carbocycles. The van der Waals surface area contributed by atoms with Gasteiger partial charge in [-0.1, -0.05) is 30.3 Å². The van der Waals surface area contributed by atoms with Crippen molar-refractivity contribution >= 4 is 5.65 Å². The molecule has 0 radical (unpaired) electrons. The minimum absolute atomic E-state index is 0.719. The number of benzene rings is 1. The number of rotatable bonds is 1. The van der Waals surface area contributed by atoms with Gasteiger partial charge in [-0.15, -0.1) is 5.10 Å². The zero-order valence-corrected chi connectivity index (χ0v) is 7.78. The maximum atomic E-state index is 4.08. The first kappa shape index (κ1) is 8.05. The molecule has 0 unspecified atom stereocenters. The SMILES string of the molecule is c1ccc(-c2cncn3nnnc23)cc1. The lowest BCUT2D eigenvalue weighted by Gasteiger charge is -2.00. The molecule has 3 rings (SSSR count). The van der Waals surface area contributed by atoms with E-state index < -0.39 is 0 Å². The number of aromatic nitrogens is 5. The van der Waals surface area contributed by atoms with Crippen molar-refractivity contribution in [3.63, 3.8) is 0 Å². The van der Waals surface area contributed by atoms with Gasteiger partial charge in [0.2, 0.25) is 0 Å². The van der Waals surface area contributed by atoms with Gasteiger partial charge in [0.1, 0.15) is 6.33 Å². The molecule has 0 aliphatic heterocycles.